The molecule has 0 saturated carbocycles. The number of carboxylic acid groups (broad SMARTS) is 2. The first-order valence-corrected chi connectivity index (χ1v) is 8.93. The summed E-state index contributed by atoms with van der Waals surface area (Å²) in [5.74, 6) is -4.85. The second kappa shape index (κ2) is 9.64. The van der Waals surface area contributed by atoms with Gasteiger partial charge in [0.25, 0.3) is 0 Å². The summed E-state index contributed by atoms with van der Waals surface area (Å²) in [6.07, 6.45) is -3.76. The summed E-state index contributed by atoms with van der Waals surface area (Å²) < 4.78 is 5.76. The molecule has 1 saturated heterocycles. The van der Waals surface area contributed by atoms with Crippen LogP contribution in [-0.2, 0) is 20.1 Å². The maximum Gasteiger partial charge on any atom is 0.335 e. The Morgan fingerprint density at radius 1 is 1.25 bits per heavy atom. The summed E-state index contributed by atoms with van der Waals surface area (Å²) >= 11 is 5.99. The second-order valence-corrected chi connectivity index (χ2v) is 7.49. The molecule has 1 aromatic rings. The Morgan fingerprint density at radius 2 is 1.79 bits per heavy atom. The molecule has 158 valence electrons. The van der Waals surface area contributed by atoms with E-state index in [-0.39, 0.29) is 11.6 Å². The van der Waals surface area contributed by atoms with Crippen molar-refractivity contribution in [2.75, 3.05) is 6.61 Å². The number of morpholine rings is 1. The molecule has 1 heterocycles. The molecule has 1 aliphatic heterocycles. The number of hydrogen-bond donors (Lipinski definition) is 6. The number of nitrogens with one attached hydrogen (secondary N) is 1. The first-order valence-electron chi connectivity index (χ1n) is 8.56. The van der Waals surface area contributed by atoms with Crippen molar-refractivity contribution in [3.63, 3.8) is 0 Å². The van der Waals surface area contributed by atoms with Crippen LogP contribution in [0.1, 0.15) is 32.8 Å². The smallest absolute Gasteiger partial charge is 0.335 e. The number of halogens is 1. The molecule has 1 fully saturated rings. The molecule has 0 bridgehead atoms. The number of aliphatic hydroxyl groups is 3. The van der Waals surface area contributed by atoms with Crippen LogP contribution in [0.3, 0.4) is 0 Å². The topological polar surface area (TPSA) is 157 Å². The molecule has 0 spiro atoms. The molecule has 0 aliphatic carbocycles. The summed E-state index contributed by atoms with van der Waals surface area (Å²) in [7, 11) is 0. The summed E-state index contributed by atoms with van der Waals surface area (Å²) in [5, 5.41) is 47.4. The summed E-state index contributed by atoms with van der Waals surface area (Å²) in [4.78, 5) is 19.5. The summed E-state index contributed by atoms with van der Waals surface area (Å²) in [6, 6.07) is 7.06. The molecule has 1 aliphatic rings. The third-order valence-electron chi connectivity index (χ3n) is 4.14. The van der Waals surface area contributed by atoms with Gasteiger partial charge in [0.2, 0.25) is 5.79 Å². The van der Waals surface area contributed by atoms with Gasteiger partial charge in [-0.3, -0.25) is 0 Å². The van der Waals surface area contributed by atoms with Gasteiger partial charge in [-0.2, -0.15) is 0 Å². The lowest BCUT2D eigenvalue weighted by Gasteiger charge is -2.47. The van der Waals surface area contributed by atoms with E-state index in [0.717, 1.165) is 6.42 Å². The van der Waals surface area contributed by atoms with Crippen molar-refractivity contribution in [1.29, 1.82) is 0 Å². The van der Waals surface area contributed by atoms with Crippen molar-refractivity contribution in [1.82, 2.24) is 5.32 Å². The fraction of sp³-hybridized carbons (Fsp3) is 0.556. The number of hydrogen-bond acceptors (Lipinski definition) is 7. The van der Waals surface area contributed by atoms with Crippen LogP contribution < -0.4 is 5.32 Å². The molecule has 2 rings (SSSR count). The Bertz CT molecular complexity index is 680. The third-order valence-corrected chi connectivity index (χ3v) is 4.38. The minimum atomic E-state index is -2.27. The number of ether oxygens (including phenoxy) is 1. The van der Waals surface area contributed by atoms with Crippen LogP contribution in [-0.4, -0.2) is 67.9 Å². The first kappa shape index (κ1) is 24.3. The molecule has 9 nitrogen and oxygen atoms in total. The first-order chi connectivity index (χ1) is 12.8. The van der Waals surface area contributed by atoms with Gasteiger partial charge < -0.3 is 35.6 Å². The van der Waals surface area contributed by atoms with E-state index in [4.69, 9.17) is 36.8 Å². The molecule has 0 radical (unpaired) electrons. The fourth-order valence-corrected chi connectivity index (χ4v) is 2.84. The zero-order valence-corrected chi connectivity index (χ0v) is 16.6. The van der Waals surface area contributed by atoms with Gasteiger partial charge >= 0.3 is 11.9 Å². The van der Waals surface area contributed by atoms with Crippen LogP contribution in [0, 0.1) is 0 Å². The lowest BCUT2D eigenvalue weighted by Crippen LogP contribution is -2.64. The average molecular weight is 420 g/mol. The molecule has 10 heteroatoms. The molecule has 0 aromatic heterocycles. The van der Waals surface area contributed by atoms with E-state index >= 15 is 0 Å². The Balaban J connectivity index is 0.000000336. The lowest BCUT2D eigenvalue weighted by molar-refractivity contribution is -0.267. The largest absolute Gasteiger partial charge is 0.479 e. The quantitative estimate of drug-likeness (QED) is 0.400. The monoisotopic (exact) mass is 419 g/mol. The summed E-state index contributed by atoms with van der Waals surface area (Å²) in [6.45, 7) is 6.60. The number of rotatable bonds is 5. The lowest BCUT2D eigenvalue weighted by atomic mass is 9.90. The molecule has 0 amide bonds. The third kappa shape index (κ3) is 6.13. The predicted octanol–water partition coefficient (Wildman–Crippen LogP) is 0.539. The fourth-order valence-electron chi connectivity index (χ4n) is 2.65. The van der Waals surface area contributed by atoms with E-state index in [2.05, 4.69) is 19.2 Å². The van der Waals surface area contributed by atoms with Gasteiger partial charge in [0, 0.05) is 16.1 Å². The number of aliphatic carboxylic acids is 2. The highest BCUT2D eigenvalue weighted by atomic mass is 35.5. The van der Waals surface area contributed by atoms with Crippen molar-refractivity contribution < 1.29 is 39.9 Å². The van der Waals surface area contributed by atoms with Gasteiger partial charge in [-0.25, -0.2) is 9.59 Å². The van der Waals surface area contributed by atoms with Gasteiger partial charge in [0.05, 0.1) is 12.6 Å². The zero-order chi connectivity index (χ0) is 21.7. The van der Waals surface area contributed by atoms with E-state index in [9.17, 15) is 14.7 Å². The van der Waals surface area contributed by atoms with Crippen molar-refractivity contribution in [3.8, 4) is 0 Å². The predicted molar refractivity (Wildman–Crippen MR) is 99.9 cm³/mol. The van der Waals surface area contributed by atoms with Gasteiger partial charge in [-0.1, -0.05) is 30.7 Å². The van der Waals surface area contributed by atoms with Crippen LogP contribution >= 0.6 is 11.6 Å². The van der Waals surface area contributed by atoms with Crippen molar-refractivity contribution in [2.45, 2.75) is 56.8 Å². The van der Waals surface area contributed by atoms with Gasteiger partial charge in [-0.05, 0) is 32.4 Å². The Morgan fingerprint density at radius 3 is 2.21 bits per heavy atom. The number of carbonyl (C=O) groups is 2. The van der Waals surface area contributed by atoms with Crippen LogP contribution in [0.25, 0.3) is 0 Å². The molecular weight excluding hydrogens is 394 g/mol. The molecule has 1 aromatic carbocycles. The second-order valence-electron chi connectivity index (χ2n) is 7.05. The highest BCUT2D eigenvalue weighted by molar-refractivity contribution is 6.30. The number of carboxylic acids is 2. The van der Waals surface area contributed by atoms with Crippen molar-refractivity contribution >= 4 is 23.5 Å². The zero-order valence-electron chi connectivity index (χ0n) is 15.8. The van der Waals surface area contributed by atoms with Crippen LogP contribution in [0.15, 0.2) is 24.3 Å². The minimum Gasteiger partial charge on any atom is -0.479 e. The highest BCUT2D eigenvalue weighted by Crippen LogP contribution is 2.35. The Labute approximate surface area is 167 Å². The van der Waals surface area contributed by atoms with E-state index in [1.807, 2.05) is 19.1 Å². The van der Waals surface area contributed by atoms with E-state index in [1.165, 1.54) is 0 Å². The van der Waals surface area contributed by atoms with Crippen LogP contribution in [0.4, 0.5) is 0 Å². The van der Waals surface area contributed by atoms with Crippen LogP contribution in [0.5, 0.6) is 0 Å². The highest BCUT2D eigenvalue weighted by Gasteiger charge is 2.46. The average Bonchev–Trinajstić information content (AvgIpc) is 2.62. The molecule has 4 atom stereocenters. The Hall–Kier alpha value is -1.75. The van der Waals surface area contributed by atoms with E-state index in [0.29, 0.717) is 17.2 Å². The molecule has 0 unspecified atom stereocenters. The minimum absolute atomic E-state index is 0.133. The molecular formula is C18H26ClNO8. The maximum atomic E-state index is 10.8. The molecule has 6 N–H and O–H groups in total. The van der Waals surface area contributed by atoms with Gasteiger partial charge in [0.1, 0.15) is 0 Å². The standard InChI is InChI=1S/C14H20ClNO2.C4H6O6/c1-4-12-14(17,18-9-13(2,3)16-12)10-6-5-7-11(15)8-10;5-1(3(7)8)2(6)4(9)10/h5-8,12,16-17H,4,9H2,1-3H3;1-2,5-6H,(H,7,8)(H,9,10)/t12-,14-;1-,2-/m00/s1. The molecule has 28 heavy (non-hydrogen) atoms. The van der Waals surface area contributed by atoms with Gasteiger partial charge in [0.15, 0.2) is 12.2 Å². The summed E-state index contributed by atoms with van der Waals surface area (Å²) in [5.41, 5.74) is 0.565. The number of aliphatic hydroxyl groups excluding tert-OH is 2. The number of benzene rings is 1. The van der Waals surface area contributed by atoms with Crippen molar-refractivity contribution in [2.24, 2.45) is 0 Å². The van der Waals surface area contributed by atoms with E-state index < -0.39 is 29.9 Å². The normalized spacial score (nSPS) is 25.8. The van der Waals surface area contributed by atoms with Gasteiger partial charge in [-0.15, -0.1) is 0 Å². The SMILES string of the molecule is CC[C@@H]1NC(C)(C)CO[C@@]1(O)c1cccc(Cl)c1.O=C(O)[C@@H](O)[C@H](O)C(=O)O. The van der Waals surface area contributed by atoms with Crippen molar-refractivity contribution in [3.05, 3.63) is 34.9 Å². The van der Waals surface area contributed by atoms with E-state index in [1.54, 1.807) is 12.1 Å². The maximum absolute atomic E-state index is 10.8. The van der Waals surface area contributed by atoms with Crippen LogP contribution in [0.2, 0.25) is 5.02 Å². The Kier molecular flexibility index (Phi) is 8.36.